The molecule has 21 heavy (non-hydrogen) atoms. The Balaban J connectivity index is 2.18. The molecule has 3 heterocycles. The molecule has 108 valence electrons. The maximum absolute atomic E-state index is 11.6. The molecule has 0 aromatic carbocycles. The fourth-order valence-corrected chi connectivity index (χ4v) is 3.18. The molecule has 8 heteroatoms. The predicted octanol–water partition coefficient (Wildman–Crippen LogP) is 1.60. The highest BCUT2D eigenvalue weighted by molar-refractivity contribution is 7.14. The van der Waals surface area contributed by atoms with Gasteiger partial charge in [0.05, 0.1) is 6.54 Å². The molecule has 0 spiro atoms. The van der Waals surface area contributed by atoms with E-state index in [2.05, 4.69) is 15.3 Å². The van der Waals surface area contributed by atoms with Crippen molar-refractivity contribution in [3.63, 3.8) is 0 Å². The molecule has 0 atom stereocenters. The summed E-state index contributed by atoms with van der Waals surface area (Å²) in [6.07, 6.45) is 1.37. The van der Waals surface area contributed by atoms with Crippen molar-refractivity contribution in [2.75, 3.05) is 23.8 Å². The average molecular weight is 304 g/mol. The number of hydrogen-bond acceptors (Lipinski definition) is 6. The largest absolute Gasteiger partial charge is 0.477 e. The first-order chi connectivity index (χ1) is 9.97. The van der Waals surface area contributed by atoms with Gasteiger partial charge >= 0.3 is 5.97 Å². The van der Waals surface area contributed by atoms with Crippen molar-refractivity contribution < 1.29 is 14.7 Å². The fourth-order valence-electron chi connectivity index (χ4n) is 2.32. The molecule has 0 unspecified atom stereocenters. The van der Waals surface area contributed by atoms with Crippen molar-refractivity contribution in [2.24, 2.45) is 0 Å². The van der Waals surface area contributed by atoms with E-state index in [1.165, 1.54) is 17.7 Å². The Hall–Kier alpha value is -2.48. The van der Waals surface area contributed by atoms with Gasteiger partial charge < -0.3 is 15.3 Å². The van der Waals surface area contributed by atoms with Gasteiger partial charge in [-0.25, -0.2) is 14.8 Å². The highest BCUT2D eigenvalue weighted by Crippen LogP contribution is 2.39. The fraction of sp³-hybridized carbons (Fsp3) is 0.231. The van der Waals surface area contributed by atoms with Gasteiger partial charge in [0.25, 0.3) is 0 Å². The molecule has 0 aliphatic carbocycles. The van der Waals surface area contributed by atoms with Crippen LogP contribution in [0.4, 0.5) is 11.5 Å². The lowest BCUT2D eigenvalue weighted by Gasteiger charge is -2.27. The van der Waals surface area contributed by atoms with Gasteiger partial charge in [0.1, 0.15) is 22.6 Å². The number of nitrogens with one attached hydrogen (secondary N) is 1. The number of amides is 1. The molecule has 0 fully saturated rings. The lowest BCUT2D eigenvalue weighted by atomic mass is 10.1. The Bertz CT molecular complexity index is 756. The average Bonchev–Trinajstić information content (AvgIpc) is 2.80. The number of carboxylic acids is 1. The third-order valence-electron chi connectivity index (χ3n) is 3.23. The Labute approximate surface area is 124 Å². The van der Waals surface area contributed by atoms with Crippen LogP contribution >= 0.6 is 11.3 Å². The van der Waals surface area contributed by atoms with E-state index in [0.29, 0.717) is 17.2 Å². The standard InChI is InChI=1S/C13H12N4O3S/c1-6-7(3-8(21-6)13(19)20)10-11-12(15-5-14-10)16-9(18)4-17(11)2/h3,5H,4H2,1-2H3,(H,19,20)(H,14,15,16,18). The zero-order valence-electron chi connectivity index (χ0n) is 11.4. The van der Waals surface area contributed by atoms with E-state index in [-0.39, 0.29) is 17.3 Å². The molecule has 0 saturated heterocycles. The second kappa shape index (κ2) is 4.81. The van der Waals surface area contributed by atoms with Crippen LogP contribution in [0, 0.1) is 6.92 Å². The molecular weight excluding hydrogens is 292 g/mol. The quantitative estimate of drug-likeness (QED) is 0.875. The molecule has 2 aromatic rings. The summed E-state index contributed by atoms with van der Waals surface area (Å²) in [6, 6.07) is 1.61. The number of aromatic nitrogens is 2. The molecule has 0 radical (unpaired) electrons. The minimum atomic E-state index is -0.959. The van der Waals surface area contributed by atoms with Gasteiger partial charge in [-0.05, 0) is 13.0 Å². The van der Waals surface area contributed by atoms with Gasteiger partial charge in [-0.2, -0.15) is 0 Å². The van der Waals surface area contributed by atoms with Crippen LogP contribution in [0.15, 0.2) is 12.4 Å². The van der Waals surface area contributed by atoms with Crippen LogP contribution in [0.25, 0.3) is 11.3 Å². The normalized spacial score (nSPS) is 13.8. The van der Waals surface area contributed by atoms with Crippen molar-refractivity contribution in [3.05, 3.63) is 22.1 Å². The molecule has 0 saturated carbocycles. The molecule has 1 amide bonds. The van der Waals surface area contributed by atoms with Gasteiger partial charge in [0, 0.05) is 17.5 Å². The van der Waals surface area contributed by atoms with E-state index in [9.17, 15) is 9.59 Å². The number of aromatic carboxylic acids is 1. The third-order valence-corrected chi connectivity index (χ3v) is 4.26. The minimum absolute atomic E-state index is 0.136. The molecular formula is C13H12N4O3S. The molecule has 1 aliphatic heterocycles. The topological polar surface area (TPSA) is 95.4 Å². The molecule has 3 rings (SSSR count). The van der Waals surface area contributed by atoms with Crippen molar-refractivity contribution in [2.45, 2.75) is 6.92 Å². The second-order valence-electron chi connectivity index (χ2n) is 4.71. The van der Waals surface area contributed by atoms with Gasteiger partial charge in [-0.15, -0.1) is 11.3 Å². The summed E-state index contributed by atoms with van der Waals surface area (Å²) in [6.45, 7) is 2.06. The van der Waals surface area contributed by atoms with E-state index in [1.807, 2.05) is 6.92 Å². The Morgan fingerprint density at radius 2 is 2.24 bits per heavy atom. The zero-order valence-corrected chi connectivity index (χ0v) is 12.2. The van der Waals surface area contributed by atoms with Crippen LogP contribution in [0.5, 0.6) is 0 Å². The summed E-state index contributed by atoms with van der Waals surface area (Å²) < 4.78 is 0. The van der Waals surface area contributed by atoms with Gasteiger partial charge in [0.15, 0.2) is 5.82 Å². The van der Waals surface area contributed by atoms with Gasteiger partial charge in [-0.3, -0.25) is 4.79 Å². The smallest absolute Gasteiger partial charge is 0.345 e. The highest BCUT2D eigenvalue weighted by Gasteiger charge is 2.26. The van der Waals surface area contributed by atoms with Gasteiger partial charge in [0.2, 0.25) is 5.91 Å². The maximum atomic E-state index is 11.6. The summed E-state index contributed by atoms with van der Waals surface area (Å²) in [7, 11) is 1.78. The summed E-state index contributed by atoms with van der Waals surface area (Å²) in [4.78, 5) is 33.9. The monoisotopic (exact) mass is 304 g/mol. The lowest BCUT2D eigenvalue weighted by Crippen LogP contribution is -2.36. The second-order valence-corrected chi connectivity index (χ2v) is 5.97. The summed E-state index contributed by atoms with van der Waals surface area (Å²) in [5.41, 5.74) is 2.08. The van der Waals surface area contributed by atoms with Crippen LogP contribution in [0.3, 0.4) is 0 Å². The van der Waals surface area contributed by atoms with E-state index >= 15 is 0 Å². The van der Waals surface area contributed by atoms with Crippen molar-refractivity contribution in [3.8, 4) is 11.3 Å². The van der Waals surface area contributed by atoms with E-state index in [1.54, 1.807) is 18.0 Å². The van der Waals surface area contributed by atoms with Crippen molar-refractivity contribution in [1.82, 2.24) is 9.97 Å². The first kappa shape index (κ1) is 13.5. The Morgan fingerprint density at radius 3 is 2.90 bits per heavy atom. The Morgan fingerprint density at radius 1 is 1.48 bits per heavy atom. The van der Waals surface area contributed by atoms with Crippen LogP contribution in [0.2, 0.25) is 0 Å². The molecule has 2 N–H and O–H groups in total. The third kappa shape index (κ3) is 2.23. The number of nitrogens with zero attached hydrogens (tertiary/aromatic N) is 3. The van der Waals surface area contributed by atoms with Crippen LogP contribution in [-0.4, -0.2) is 40.5 Å². The maximum Gasteiger partial charge on any atom is 0.345 e. The molecule has 2 aromatic heterocycles. The van der Waals surface area contributed by atoms with Crippen LogP contribution in [0.1, 0.15) is 14.5 Å². The number of carbonyl (C=O) groups is 2. The minimum Gasteiger partial charge on any atom is -0.477 e. The number of likely N-dealkylation sites (N-methyl/N-ethyl adjacent to an activating group) is 1. The number of hydrogen-bond donors (Lipinski definition) is 2. The summed E-state index contributed by atoms with van der Waals surface area (Å²) >= 11 is 1.20. The first-order valence-electron chi connectivity index (χ1n) is 6.17. The lowest BCUT2D eigenvalue weighted by molar-refractivity contribution is -0.115. The predicted molar refractivity (Wildman–Crippen MR) is 78.9 cm³/mol. The van der Waals surface area contributed by atoms with E-state index in [4.69, 9.17) is 5.11 Å². The number of thiophene rings is 1. The van der Waals surface area contributed by atoms with Crippen LogP contribution < -0.4 is 10.2 Å². The number of fused-ring (bicyclic) bond motifs is 1. The summed E-state index contributed by atoms with van der Waals surface area (Å²) in [5, 5.41) is 11.8. The number of carboxylic acid groups (broad SMARTS) is 1. The SMILES string of the molecule is Cc1sc(C(=O)O)cc1-c1ncnc2c1N(C)CC(=O)N2. The van der Waals surface area contributed by atoms with Crippen molar-refractivity contribution in [1.29, 1.82) is 0 Å². The molecule has 0 bridgehead atoms. The Kier molecular flexibility index (Phi) is 3.09. The van der Waals surface area contributed by atoms with E-state index in [0.717, 1.165) is 10.4 Å². The van der Waals surface area contributed by atoms with Gasteiger partial charge in [-0.1, -0.05) is 0 Å². The highest BCUT2D eigenvalue weighted by atomic mass is 32.1. The number of rotatable bonds is 2. The molecule has 1 aliphatic rings. The molecule has 7 nitrogen and oxygen atoms in total. The van der Waals surface area contributed by atoms with Crippen LogP contribution in [-0.2, 0) is 4.79 Å². The zero-order chi connectivity index (χ0) is 15.1. The summed E-state index contributed by atoms with van der Waals surface area (Å²) in [5.74, 6) is -0.650. The first-order valence-corrected chi connectivity index (χ1v) is 6.99. The number of aryl methyl sites for hydroxylation is 1. The van der Waals surface area contributed by atoms with E-state index < -0.39 is 5.97 Å². The number of anilines is 2. The van der Waals surface area contributed by atoms with Crippen molar-refractivity contribution >= 4 is 34.7 Å². The number of carbonyl (C=O) groups excluding carboxylic acids is 1.